The Morgan fingerprint density at radius 3 is 2.60 bits per heavy atom. The molecule has 1 rings (SSSR count). The molecule has 1 saturated carbocycles. The largest absolute Gasteiger partial charge is 0.381 e. The predicted molar refractivity (Wildman–Crippen MR) is 46.5 cm³/mol. The van der Waals surface area contributed by atoms with Gasteiger partial charge in [-0.05, 0) is 25.2 Å². The van der Waals surface area contributed by atoms with Gasteiger partial charge in [0.2, 0.25) is 0 Å². The number of ether oxygens (including phenoxy) is 1. The van der Waals surface area contributed by atoms with Crippen molar-refractivity contribution in [3.8, 4) is 0 Å². The van der Waals surface area contributed by atoms with Crippen LogP contribution in [0.25, 0.3) is 0 Å². The summed E-state index contributed by atoms with van der Waals surface area (Å²) in [4.78, 5) is 0.721. The molecule has 0 bridgehead atoms. The Morgan fingerprint density at radius 1 is 1.40 bits per heavy atom. The summed E-state index contributed by atoms with van der Waals surface area (Å²) in [5.41, 5.74) is 0. The van der Waals surface area contributed by atoms with Crippen LogP contribution in [0.2, 0.25) is 0 Å². The second-order valence-corrected chi connectivity index (χ2v) is 4.34. The zero-order valence-electron chi connectivity index (χ0n) is 6.64. The van der Waals surface area contributed by atoms with Gasteiger partial charge in [0.25, 0.3) is 0 Å². The van der Waals surface area contributed by atoms with Crippen LogP contribution in [0, 0.1) is 5.92 Å². The van der Waals surface area contributed by atoms with E-state index in [1.165, 1.54) is 19.3 Å². The molecule has 0 amide bonds. The molecule has 1 aliphatic carbocycles. The summed E-state index contributed by atoms with van der Waals surface area (Å²) < 4.78 is 5.29. The second kappa shape index (κ2) is 3.72. The SMILES string of the molecule is COC1CCC(Br)C(C)C1. The molecule has 0 saturated heterocycles. The van der Waals surface area contributed by atoms with Gasteiger partial charge in [-0.15, -0.1) is 0 Å². The van der Waals surface area contributed by atoms with Gasteiger partial charge in [0.05, 0.1) is 6.10 Å². The Balaban J connectivity index is 2.33. The fraction of sp³-hybridized carbons (Fsp3) is 1.00. The highest BCUT2D eigenvalue weighted by Crippen LogP contribution is 2.30. The molecule has 0 heterocycles. The molecule has 60 valence electrons. The normalized spacial score (nSPS) is 41.7. The average molecular weight is 207 g/mol. The smallest absolute Gasteiger partial charge is 0.0574 e. The van der Waals surface area contributed by atoms with E-state index < -0.39 is 0 Å². The maximum Gasteiger partial charge on any atom is 0.0574 e. The maximum atomic E-state index is 5.29. The summed E-state index contributed by atoms with van der Waals surface area (Å²) in [6.07, 6.45) is 4.21. The molecule has 10 heavy (non-hydrogen) atoms. The van der Waals surface area contributed by atoms with Crippen molar-refractivity contribution in [2.75, 3.05) is 7.11 Å². The first-order valence-corrected chi connectivity index (χ1v) is 4.82. The van der Waals surface area contributed by atoms with E-state index in [9.17, 15) is 0 Å². The third-order valence-electron chi connectivity index (χ3n) is 2.35. The van der Waals surface area contributed by atoms with Crippen LogP contribution < -0.4 is 0 Å². The third-order valence-corrected chi connectivity index (χ3v) is 3.71. The lowest BCUT2D eigenvalue weighted by atomic mass is 9.88. The van der Waals surface area contributed by atoms with Gasteiger partial charge in [-0.2, -0.15) is 0 Å². The summed E-state index contributed by atoms with van der Waals surface area (Å²) in [6.45, 7) is 2.28. The van der Waals surface area contributed by atoms with E-state index in [-0.39, 0.29) is 0 Å². The zero-order valence-corrected chi connectivity index (χ0v) is 8.23. The molecular weight excluding hydrogens is 192 g/mol. The summed E-state index contributed by atoms with van der Waals surface area (Å²) in [5.74, 6) is 0.777. The van der Waals surface area contributed by atoms with Crippen molar-refractivity contribution in [3.63, 3.8) is 0 Å². The third kappa shape index (κ3) is 1.96. The number of halogens is 1. The molecule has 3 unspecified atom stereocenters. The highest BCUT2D eigenvalue weighted by molar-refractivity contribution is 9.09. The summed E-state index contributed by atoms with van der Waals surface area (Å²) >= 11 is 3.65. The summed E-state index contributed by atoms with van der Waals surface area (Å²) in [6, 6.07) is 0. The Labute approximate surface area is 71.3 Å². The first-order chi connectivity index (χ1) is 4.74. The molecule has 0 radical (unpaired) electrons. The van der Waals surface area contributed by atoms with Crippen molar-refractivity contribution in [1.29, 1.82) is 0 Å². The van der Waals surface area contributed by atoms with E-state index in [1.807, 2.05) is 7.11 Å². The van der Waals surface area contributed by atoms with Crippen LogP contribution in [-0.2, 0) is 4.74 Å². The minimum atomic E-state index is 0.517. The van der Waals surface area contributed by atoms with E-state index in [2.05, 4.69) is 22.9 Å². The monoisotopic (exact) mass is 206 g/mol. The summed E-state index contributed by atoms with van der Waals surface area (Å²) in [7, 11) is 1.81. The molecule has 1 nitrogen and oxygen atoms in total. The van der Waals surface area contributed by atoms with Crippen LogP contribution in [0.15, 0.2) is 0 Å². The molecular formula is C8H15BrO. The van der Waals surface area contributed by atoms with Gasteiger partial charge in [-0.1, -0.05) is 22.9 Å². The first kappa shape index (κ1) is 8.54. The Bertz CT molecular complexity index is 105. The topological polar surface area (TPSA) is 9.23 Å². The highest BCUT2D eigenvalue weighted by Gasteiger charge is 2.24. The standard InChI is InChI=1S/C8H15BrO/c1-6-5-7(10-2)3-4-8(6)9/h6-8H,3-5H2,1-2H3. The average Bonchev–Trinajstić information content (AvgIpc) is 1.95. The van der Waals surface area contributed by atoms with Crippen LogP contribution in [0.4, 0.5) is 0 Å². The van der Waals surface area contributed by atoms with Crippen molar-refractivity contribution >= 4 is 15.9 Å². The van der Waals surface area contributed by atoms with Gasteiger partial charge in [-0.3, -0.25) is 0 Å². The molecule has 1 aliphatic rings. The van der Waals surface area contributed by atoms with Gasteiger partial charge in [0.1, 0.15) is 0 Å². The minimum absolute atomic E-state index is 0.517. The van der Waals surface area contributed by atoms with Crippen LogP contribution in [-0.4, -0.2) is 18.0 Å². The Morgan fingerprint density at radius 2 is 2.10 bits per heavy atom. The lowest BCUT2D eigenvalue weighted by molar-refractivity contribution is 0.0569. The zero-order chi connectivity index (χ0) is 7.56. The molecule has 3 atom stereocenters. The van der Waals surface area contributed by atoms with Crippen LogP contribution in [0.3, 0.4) is 0 Å². The second-order valence-electron chi connectivity index (χ2n) is 3.16. The van der Waals surface area contributed by atoms with Crippen molar-refractivity contribution in [2.45, 2.75) is 37.1 Å². The van der Waals surface area contributed by atoms with E-state index in [1.54, 1.807) is 0 Å². The molecule has 0 spiro atoms. The quantitative estimate of drug-likeness (QED) is 0.600. The number of methoxy groups -OCH3 is 1. The van der Waals surface area contributed by atoms with Crippen LogP contribution in [0.5, 0.6) is 0 Å². The van der Waals surface area contributed by atoms with Crippen molar-refractivity contribution in [2.24, 2.45) is 5.92 Å². The lowest BCUT2D eigenvalue weighted by Gasteiger charge is -2.29. The van der Waals surface area contributed by atoms with Gasteiger partial charge in [0, 0.05) is 11.9 Å². The Kier molecular flexibility index (Phi) is 3.18. The van der Waals surface area contributed by atoms with E-state index in [0.717, 1.165) is 10.7 Å². The van der Waals surface area contributed by atoms with Gasteiger partial charge in [-0.25, -0.2) is 0 Å². The van der Waals surface area contributed by atoms with Crippen molar-refractivity contribution < 1.29 is 4.74 Å². The van der Waals surface area contributed by atoms with Crippen molar-refractivity contribution in [1.82, 2.24) is 0 Å². The number of hydrogen-bond donors (Lipinski definition) is 0. The first-order valence-electron chi connectivity index (χ1n) is 3.91. The number of alkyl halides is 1. The fourth-order valence-electron chi connectivity index (χ4n) is 1.52. The maximum absolute atomic E-state index is 5.29. The minimum Gasteiger partial charge on any atom is -0.381 e. The molecule has 0 aliphatic heterocycles. The molecule has 0 N–H and O–H groups in total. The number of hydrogen-bond acceptors (Lipinski definition) is 1. The molecule has 2 heteroatoms. The summed E-state index contributed by atoms with van der Waals surface area (Å²) in [5, 5.41) is 0. The Hall–Kier alpha value is 0.440. The van der Waals surface area contributed by atoms with Crippen molar-refractivity contribution in [3.05, 3.63) is 0 Å². The lowest BCUT2D eigenvalue weighted by Crippen LogP contribution is -2.27. The van der Waals surface area contributed by atoms with Gasteiger partial charge < -0.3 is 4.74 Å². The molecule has 1 fully saturated rings. The van der Waals surface area contributed by atoms with Crippen LogP contribution in [0.1, 0.15) is 26.2 Å². The molecule has 0 aromatic heterocycles. The molecule has 0 aromatic rings. The highest BCUT2D eigenvalue weighted by atomic mass is 79.9. The van der Waals surface area contributed by atoms with Gasteiger partial charge >= 0.3 is 0 Å². The predicted octanol–water partition coefficient (Wildman–Crippen LogP) is 2.58. The fourth-order valence-corrected chi connectivity index (χ4v) is 2.00. The number of rotatable bonds is 1. The van der Waals surface area contributed by atoms with Gasteiger partial charge in [0.15, 0.2) is 0 Å². The van der Waals surface area contributed by atoms with E-state index in [4.69, 9.17) is 4.74 Å². The van der Waals surface area contributed by atoms with Crippen LogP contribution >= 0.6 is 15.9 Å². The molecule has 0 aromatic carbocycles. The van der Waals surface area contributed by atoms with E-state index in [0.29, 0.717) is 6.10 Å². The van der Waals surface area contributed by atoms with E-state index >= 15 is 0 Å².